The highest BCUT2D eigenvalue weighted by Gasteiger charge is 2.42. The molecule has 20 heavy (non-hydrogen) atoms. The lowest BCUT2D eigenvalue weighted by atomic mass is 10.1. The zero-order valence-electron chi connectivity index (χ0n) is 12.1. The average molecular weight is 307 g/mol. The molecule has 2 rings (SSSR count). The summed E-state index contributed by atoms with van der Waals surface area (Å²) in [5, 5.41) is 3.16. The summed E-state index contributed by atoms with van der Waals surface area (Å²) in [6.45, 7) is 6.14. The molecule has 0 atom stereocenters. The van der Waals surface area contributed by atoms with Gasteiger partial charge in [0, 0.05) is 39.0 Å². The topological polar surface area (TPSA) is 79.9 Å². The summed E-state index contributed by atoms with van der Waals surface area (Å²) in [7, 11) is -3.38. The second-order valence-electron chi connectivity index (χ2n) is 5.16. The second kappa shape index (κ2) is 7.15. The summed E-state index contributed by atoms with van der Waals surface area (Å²) >= 11 is 0. The minimum atomic E-state index is -3.38. The van der Waals surface area contributed by atoms with Crippen molar-refractivity contribution in [3.63, 3.8) is 0 Å². The van der Waals surface area contributed by atoms with Crippen molar-refractivity contribution in [1.82, 2.24) is 14.3 Å². The second-order valence-corrected chi connectivity index (χ2v) is 6.91. The Bertz CT molecular complexity index is 386. The number of hydrogen-bond acceptors (Lipinski definition) is 5. The maximum Gasteiger partial charge on any atom is 0.279 e. The third-order valence-corrected chi connectivity index (χ3v) is 5.26. The molecule has 8 heteroatoms. The molecule has 7 nitrogen and oxygen atoms in total. The zero-order valence-corrected chi connectivity index (χ0v) is 12.9. The van der Waals surface area contributed by atoms with Crippen molar-refractivity contribution in [1.29, 1.82) is 0 Å². The predicted octanol–water partition coefficient (Wildman–Crippen LogP) is -0.341. The number of rotatable bonds is 7. The normalized spacial score (nSPS) is 23.4. The van der Waals surface area contributed by atoms with E-state index in [2.05, 4.69) is 17.0 Å². The van der Waals surface area contributed by atoms with E-state index < -0.39 is 16.0 Å². The van der Waals surface area contributed by atoms with E-state index in [-0.39, 0.29) is 0 Å². The van der Waals surface area contributed by atoms with Crippen LogP contribution in [-0.2, 0) is 19.7 Å². The van der Waals surface area contributed by atoms with E-state index in [1.807, 2.05) is 0 Å². The molecule has 0 aromatic rings. The van der Waals surface area contributed by atoms with E-state index in [9.17, 15) is 8.42 Å². The molecule has 2 fully saturated rings. The molecule has 118 valence electrons. The van der Waals surface area contributed by atoms with Crippen molar-refractivity contribution in [2.75, 3.05) is 45.9 Å². The summed E-state index contributed by atoms with van der Waals surface area (Å²) in [6, 6.07) is 0. The molecule has 0 aliphatic carbocycles. The first kappa shape index (κ1) is 16.1. The molecular formula is C12H25N3O4S. The summed E-state index contributed by atoms with van der Waals surface area (Å²) in [6.07, 6.45) is 2.24. The van der Waals surface area contributed by atoms with Crippen LogP contribution in [0.1, 0.15) is 26.2 Å². The Balaban J connectivity index is 1.73. The van der Waals surface area contributed by atoms with Crippen LogP contribution in [0.4, 0.5) is 0 Å². The largest absolute Gasteiger partial charge is 0.347 e. The molecule has 2 heterocycles. The maximum atomic E-state index is 12.1. The zero-order chi connectivity index (χ0) is 14.5. The molecule has 0 unspecified atom stereocenters. The van der Waals surface area contributed by atoms with E-state index in [1.165, 1.54) is 4.31 Å². The predicted molar refractivity (Wildman–Crippen MR) is 75.5 cm³/mol. The van der Waals surface area contributed by atoms with E-state index in [0.717, 1.165) is 13.0 Å². The third kappa shape index (κ3) is 4.12. The highest BCUT2D eigenvalue weighted by Crippen LogP contribution is 2.31. The molecule has 1 spiro atoms. The van der Waals surface area contributed by atoms with E-state index in [4.69, 9.17) is 9.47 Å². The Morgan fingerprint density at radius 1 is 1.10 bits per heavy atom. The van der Waals surface area contributed by atoms with Crippen LogP contribution in [0.3, 0.4) is 0 Å². The first-order valence-corrected chi connectivity index (χ1v) is 8.75. The molecule has 0 saturated carbocycles. The molecule has 2 aliphatic heterocycles. The van der Waals surface area contributed by atoms with Crippen molar-refractivity contribution in [2.45, 2.75) is 32.0 Å². The minimum Gasteiger partial charge on any atom is -0.347 e. The molecule has 2 saturated heterocycles. The quantitative estimate of drug-likeness (QED) is 0.629. The highest BCUT2D eigenvalue weighted by molar-refractivity contribution is 7.87. The van der Waals surface area contributed by atoms with Gasteiger partial charge in [-0.1, -0.05) is 6.92 Å². The van der Waals surface area contributed by atoms with Gasteiger partial charge in [0.15, 0.2) is 5.79 Å². The highest BCUT2D eigenvalue weighted by atomic mass is 32.2. The number of nitrogens with zero attached hydrogens (tertiary/aromatic N) is 1. The van der Waals surface area contributed by atoms with E-state index in [0.29, 0.717) is 52.2 Å². The van der Waals surface area contributed by atoms with Crippen molar-refractivity contribution in [2.24, 2.45) is 0 Å². The van der Waals surface area contributed by atoms with Gasteiger partial charge in [-0.05, 0) is 13.0 Å². The SMILES string of the molecule is CCCNCCNS(=O)(=O)N1CCC2(CC1)OCCO2. The Morgan fingerprint density at radius 3 is 2.35 bits per heavy atom. The van der Waals surface area contributed by atoms with Crippen LogP contribution < -0.4 is 10.0 Å². The summed E-state index contributed by atoms with van der Waals surface area (Å²) in [5.74, 6) is -0.533. The van der Waals surface area contributed by atoms with Gasteiger partial charge < -0.3 is 14.8 Å². The lowest BCUT2D eigenvalue weighted by molar-refractivity contribution is -0.179. The molecule has 0 aromatic carbocycles. The lowest BCUT2D eigenvalue weighted by Crippen LogP contribution is -2.51. The maximum absolute atomic E-state index is 12.1. The molecule has 0 radical (unpaired) electrons. The van der Waals surface area contributed by atoms with Gasteiger partial charge in [-0.25, -0.2) is 4.72 Å². The molecule has 2 aliphatic rings. The molecule has 0 amide bonds. The molecule has 0 bridgehead atoms. The van der Waals surface area contributed by atoms with Crippen molar-refractivity contribution >= 4 is 10.2 Å². The van der Waals surface area contributed by atoms with Gasteiger partial charge in [-0.2, -0.15) is 12.7 Å². The number of hydrogen-bond donors (Lipinski definition) is 2. The number of piperidine rings is 1. The summed E-state index contributed by atoms with van der Waals surface area (Å²) in [4.78, 5) is 0. The summed E-state index contributed by atoms with van der Waals surface area (Å²) in [5.41, 5.74) is 0. The molecule has 2 N–H and O–H groups in total. The van der Waals surface area contributed by atoms with Crippen LogP contribution in [0, 0.1) is 0 Å². The van der Waals surface area contributed by atoms with Crippen molar-refractivity contribution in [3.05, 3.63) is 0 Å². The number of nitrogens with one attached hydrogen (secondary N) is 2. The van der Waals surface area contributed by atoms with Gasteiger partial charge in [-0.15, -0.1) is 0 Å². The smallest absolute Gasteiger partial charge is 0.279 e. The first-order chi connectivity index (χ1) is 9.58. The Hall–Kier alpha value is -0.250. The van der Waals surface area contributed by atoms with Gasteiger partial charge in [-0.3, -0.25) is 0 Å². The van der Waals surface area contributed by atoms with Crippen molar-refractivity contribution < 1.29 is 17.9 Å². The van der Waals surface area contributed by atoms with Gasteiger partial charge in [0.05, 0.1) is 13.2 Å². The standard InChI is InChI=1S/C12H25N3O4S/c1-2-5-13-6-7-14-20(16,17)15-8-3-12(4-9-15)18-10-11-19-12/h13-14H,2-11H2,1H3. The first-order valence-electron chi connectivity index (χ1n) is 7.31. The van der Waals surface area contributed by atoms with E-state index in [1.54, 1.807) is 0 Å². The van der Waals surface area contributed by atoms with E-state index >= 15 is 0 Å². The number of ether oxygens (including phenoxy) is 2. The lowest BCUT2D eigenvalue weighted by Gasteiger charge is -2.36. The monoisotopic (exact) mass is 307 g/mol. The fourth-order valence-corrected chi connectivity index (χ4v) is 3.72. The van der Waals surface area contributed by atoms with Gasteiger partial charge in [0.1, 0.15) is 0 Å². The average Bonchev–Trinajstić information content (AvgIpc) is 2.87. The van der Waals surface area contributed by atoms with Crippen LogP contribution in [0.5, 0.6) is 0 Å². The Morgan fingerprint density at radius 2 is 1.75 bits per heavy atom. The van der Waals surface area contributed by atoms with Crippen LogP contribution in [0.25, 0.3) is 0 Å². The summed E-state index contributed by atoms with van der Waals surface area (Å²) < 4.78 is 39.5. The molecular weight excluding hydrogens is 282 g/mol. The molecule has 0 aromatic heterocycles. The Labute approximate surface area is 121 Å². The van der Waals surface area contributed by atoms with Gasteiger partial charge in [0.2, 0.25) is 0 Å². The van der Waals surface area contributed by atoms with Gasteiger partial charge >= 0.3 is 0 Å². The van der Waals surface area contributed by atoms with Gasteiger partial charge in [0.25, 0.3) is 10.2 Å². The van der Waals surface area contributed by atoms with Crippen LogP contribution in [0.15, 0.2) is 0 Å². The van der Waals surface area contributed by atoms with Crippen LogP contribution in [0.2, 0.25) is 0 Å². The fourth-order valence-electron chi connectivity index (χ4n) is 2.51. The fraction of sp³-hybridized carbons (Fsp3) is 1.00. The van der Waals surface area contributed by atoms with Crippen molar-refractivity contribution in [3.8, 4) is 0 Å². The third-order valence-electron chi connectivity index (χ3n) is 3.65. The van der Waals surface area contributed by atoms with Crippen LogP contribution >= 0.6 is 0 Å². The minimum absolute atomic E-state index is 0.414. The Kier molecular flexibility index (Phi) is 5.76. The van der Waals surface area contributed by atoms with Crippen LogP contribution in [-0.4, -0.2) is 64.4 Å².